The topological polar surface area (TPSA) is 32.3 Å². The first-order valence-corrected chi connectivity index (χ1v) is 7.66. The molecule has 5 heteroatoms. The summed E-state index contributed by atoms with van der Waals surface area (Å²) in [5, 5.41) is 3.42. The zero-order chi connectivity index (χ0) is 12.1. The van der Waals surface area contributed by atoms with Gasteiger partial charge in [0, 0.05) is 43.6 Å². The number of hydrogen-bond acceptors (Lipinski definition) is 3. The predicted octanol–water partition coefficient (Wildman–Crippen LogP) is 1.93. The van der Waals surface area contributed by atoms with Gasteiger partial charge in [-0.3, -0.25) is 4.79 Å². The van der Waals surface area contributed by atoms with Gasteiger partial charge in [0.25, 0.3) is 0 Å². The van der Waals surface area contributed by atoms with Crippen molar-refractivity contribution >= 4 is 30.1 Å². The van der Waals surface area contributed by atoms with Crippen molar-refractivity contribution in [2.24, 2.45) is 5.92 Å². The van der Waals surface area contributed by atoms with Crippen LogP contribution in [-0.4, -0.2) is 48.0 Å². The normalized spacial score (nSPS) is 25.3. The van der Waals surface area contributed by atoms with Crippen LogP contribution in [0.3, 0.4) is 0 Å². The van der Waals surface area contributed by atoms with Gasteiger partial charge in [0.2, 0.25) is 5.91 Å². The summed E-state index contributed by atoms with van der Waals surface area (Å²) in [5.74, 6) is 3.19. The maximum absolute atomic E-state index is 12.1. The van der Waals surface area contributed by atoms with Crippen molar-refractivity contribution in [3.8, 4) is 0 Å². The maximum Gasteiger partial charge on any atom is 0.224 e. The maximum atomic E-state index is 12.1. The molecule has 0 aliphatic carbocycles. The fraction of sp³-hybridized carbons (Fsp3) is 0.769. The second-order valence-electron chi connectivity index (χ2n) is 4.88. The highest BCUT2D eigenvalue weighted by Crippen LogP contribution is 2.19. The molecule has 0 saturated carbocycles. The van der Waals surface area contributed by atoms with E-state index in [1.807, 2.05) is 22.7 Å². The van der Waals surface area contributed by atoms with E-state index in [4.69, 9.17) is 0 Å². The molecule has 2 fully saturated rings. The molecule has 1 amide bonds. The summed E-state index contributed by atoms with van der Waals surface area (Å²) in [5.41, 5.74) is 0. The fourth-order valence-corrected chi connectivity index (χ4v) is 3.42. The molecule has 0 radical (unpaired) electrons. The Kier molecular flexibility index (Phi) is 7.12. The van der Waals surface area contributed by atoms with Gasteiger partial charge in [-0.15, -0.1) is 19.0 Å². The van der Waals surface area contributed by atoms with Crippen LogP contribution in [0.25, 0.3) is 0 Å². The summed E-state index contributed by atoms with van der Waals surface area (Å²) in [6, 6.07) is 0.387. The van der Waals surface area contributed by atoms with Gasteiger partial charge in [-0.1, -0.05) is 6.08 Å². The Balaban J connectivity index is 0.00000162. The van der Waals surface area contributed by atoms with Crippen molar-refractivity contribution in [2.45, 2.75) is 25.3 Å². The molecule has 0 bridgehead atoms. The smallest absolute Gasteiger partial charge is 0.224 e. The Morgan fingerprint density at radius 2 is 2.17 bits per heavy atom. The van der Waals surface area contributed by atoms with Gasteiger partial charge in [-0.05, 0) is 18.8 Å². The van der Waals surface area contributed by atoms with Gasteiger partial charge < -0.3 is 10.2 Å². The minimum absolute atomic E-state index is 0. The van der Waals surface area contributed by atoms with E-state index in [2.05, 4.69) is 11.9 Å². The number of thioether (sulfide) groups is 1. The summed E-state index contributed by atoms with van der Waals surface area (Å²) in [4.78, 5) is 14.1. The molecule has 2 saturated heterocycles. The summed E-state index contributed by atoms with van der Waals surface area (Å²) in [7, 11) is 0. The van der Waals surface area contributed by atoms with Gasteiger partial charge in [0.1, 0.15) is 0 Å². The van der Waals surface area contributed by atoms with Crippen molar-refractivity contribution in [3.05, 3.63) is 12.7 Å². The number of likely N-dealkylation sites (tertiary alicyclic amines) is 1. The third kappa shape index (κ3) is 4.48. The number of rotatable bonds is 3. The Morgan fingerprint density at radius 1 is 1.44 bits per heavy atom. The van der Waals surface area contributed by atoms with Gasteiger partial charge in [-0.2, -0.15) is 11.8 Å². The average molecular weight is 291 g/mol. The molecule has 0 aromatic carbocycles. The molecule has 104 valence electrons. The molecule has 2 heterocycles. The SMILES string of the molecule is C=CC1CCN(C(=O)CC2CSCCN2)CC1.Cl. The van der Waals surface area contributed by atoms with E-state index in [1.54, 1.807) is 0 Å². The number of carbonyl (C=O) groups is 1. The number of amides is 1. The van der Waals surface area contributed by atoms with Crippen LogP contribution in [-0.2, 0) is 4.79 Å². The minimum Gasteiger partial charge on any atom is -0.343 e. The molecule has 1 N–H and O–H groups in total. The molecule has 2 aliphatic heterocycles. The minimum atomic E-state index is 0. The number of nitrogens with one attached hydrogen (secondary N) is 1. The molecule has 2 rings (SSSR count). The first-order chi connectivity index (χ1) is 8.29. The standard InChI is InChI=1S/C13H22N2OS.ClH/c1-2-11-3-6-15(7-4-11)13(16)9-12-10-17-8-5-14-12;/h2,11-12,14H,1,3-10H2;1H. The average Bonchev–Trinajstić information content (AvgIpc) is 2.40. The Labute approximate surface area is 120 Å². The number of allylic oxidation sites excluding steroid dienone is 1. The lowest BCUT2D eigenvalue weighted by molar-refractivity contribution is -0.132. The second-order valence-corrected chi connectivity index (χ2v) is 6.03. The van der Waals surface area contributed by atoms with E-state index in [-0.39, 0.29) is 12.4 Å². The van der Waals surface area contributed by atoms with Crippen LogP contribution in [0, 0.1) is 5.92 Å². The van der Waals surface area contributed by atoms with Crippen LogP contribution in [0.4, 0.5) is 0 Å². The highest BCUT2D eigenvalue weighted by atomic mass is 35.5. The van der Waals surface area contributed by atoms with E-state index < -0.39 is 0 Å². The van der Waals surface area contributed by atoms with Crippen LogP contribution in [0.15, 0.2) is 12.7 Å². The molecule has 2 aliphatic rings. The zero-order valence-corrected chi connectivity index (χ0v) is 12.4. The first kappa shape index (κ1) is 15.9. The monoisotopic (exact) mass is 290 g/mol. The Hall–Kier alpha value is -0.190. The first-order valence-electron chi connectivity index (χ1n) is 6.51. The highest BCUT2D eigenvalue weighted by Gasteiger charge is 2.24. The van der Waals surface area contributed by atoms with Gasteiger partial charge in [0.05, 0.1) is 0 Å². The molecule has 18 heavy (non-hydrogen) atoms. The lowest BCUT2D eigenvalue weighted by Gasteiger charge is -2.32. The van der Waals surface area contributed by atoms with Crippen molar-refractivity contribution in [2.75, 3.05) is 31.1 Å². The molecular weight excluding hydrogens is 268 g/mol. The summed E-state index contributed by atoms with van der Waals surface area (Å²) < 4.78 is 0. The number of piperidine rings is 1. The van der Waals surface area contributed by atoms with Crippen LogP contribution in [0.1, 0.15) is 19.3 Å². The van der Waals surface area contributed by atoms with Gasteiger partial charge in [0.15, 0.2) is 0 Å². The van der Waals surface area contributed by atoms with E-state index in [1.165, 1.54) is 5.75 Å². The summed E-state index contributed by atoms with van der Waals surface area (Å²) >= 11 is 1.95. The number of carbonyl (C=O) groups excluding carboxylic acids is 1. The summed E-state index contributed by atoms with van der Waals surface area (Å²) in [6.07, 6.45) is 4.87. The lowest BCUT2D eigenvalue weighted by Crippen LogP contribution is -2.44. The van der Waals surface area contributed by atoms with E-state index in [0.717, 1.165) is 38.2 Å². The lowest BCUT2D eigenvalue weighted by atomic mass is 9.97. The quantitative estimate of drug-likeness (QED) is 0.806. The molecular formula is C13H23ClN2OS. The van der Waals surface area contributed by atoms with Crippen LogP contribution >= 0.6 is 24.2 Å². The Morgan fingerprint density at radius 3 is 2.72 bits per heavy atom. The molecule has 0 spiro atoms. The number of hydrogen-bond donors (Lipinski definition) is 1. The van der Waals surface area contributed by atoms with Gasteiger partial charge >= 0.3 is 0 Å². The molecule has 0 aromatic heterocycles. The fourth-order valence-electron chi connectivity index (χ4n) is 2.48. The third-order valence-corrected chi connectivity index (χ3v) is 4.78. The van der Waals surface area contributed by atoms with Crippen molar-refractivity contribution in [1.82, 2.24) is 10.2 Å². The molecule has 3 nitrogen and oxygen atoms in total. The number of halogens is 1. The largest absolute Gasteiger partial charge is 0.343 e. The summed E-state index contributed by atoms with van der Waals surface area (Å²) in [6.45, 7) is 6.70. The molecule has 0 aromatic rings. The number of nitrogens with zero attached hydrogens (tertiary/aromatic N) is 1. The van der Waals surface area contributed by atoms with E-state index in [0.29, 0.717) is 24.3 Å². The van der Waals surface area contributed by atoms with Crippen molar-refractivity contribution in [1.29, 1.82) is 0 Å². The molecule has 1 atom stereocenters. The highest BCUT2D eigenvalue weighted by molar-refractivity contribution is 7.99. The zero-order valence-electron chi connectivity index (χ0n) is 10.8. The van der Waals surface area contributed by atoms with Crippen LogP contribution in [0.2, 0.25) is 0 Å². The van der Waals surface area contributed by atoms with Crippen molar-refractivity contribution < 1.29 is 4.79 Å². The third-order valence-electron chi connectivity index (χ3n) is 3.65. The van der Waals surface area contributed by atoms with E-state index in [9.17, 15) is 4.79 Å². The van der Waals surface area contributed by atoms with Crippen LogP contribution in [0.5, 0.6) is 0 Å². The van der Waals surface area contributed by atoms with E-state index >= 15 is 0 Å². The molecule has 1 unspecified atom stereocenters. The Bertz CT molecular complexity index is 274. The van der Waals surface area contributed by atoms with Crippen LogP contribution < -0.4 is 5.32 Å². The second kappa shape index (κ2) is 8.08. The predicted molar refractivity (Wildman–Crippen MR) is 80.5 cm³/mol. The van der Waals surface area contributed by atoms with Gasteiger partial charge in [-0.25, -0.2) is 0 Å². The van der Waals surface area contributed by atoms with Crippen molar-refractivity contribution in [3.63, 3.8) is 0 Å².